The highest BCUT2D eigenvalue weighted by Gasteiger charge is 2.37. The van der Waals surface area contributed by atoms with Crippen LogP contribution < -0.4 is 0 Å². The Kier molecular flexibility index (Phi) is 3.76. The van der Waals surface area contributed by atoms with Crippen LogP contribution in [0.1, 0.15) is 12.8 Å². The van der Waals surface area contributed by atoms with E-state index in [1.807, 2.05) is 0 Å². The molecule has 0 saturated carbocycles. The number of halogens is 2. The van der Waals surface area contributed by atoms with Crippen LogP contribution in [0, 0.1) is 0 Å². The summed E-state index contributed by atoms with van der Waals surface area (Å²) in [5, 5.41) is 21.8. The number of hydrogen-bond donors (Lipinski definition) is 2. The minimum atomic E-state index is -1.13. The van der Waals surface area contributed by atoms with Crippen LogP contribution in [0.5, 0.6) is 0 Å². The molecule has 2 atom stereocenters. The van der Waals surface area contributed by atoms with E-state index in [1.54, 1.807) is 36.5 Å². The molecule has 92 valence electrons. The van der Waals surface area contributed by atoms with Gasteiger partial charge >= 0.3 is 0 Å². The Labute approximate surface area is 114 Å². The summed E-state index contributed by atoms with van der Waals surface area (Å²) in [4.78, 5) is -2.26. The molecule has 0 aromatic rings. The Morgan fingerprint density at radius 3 is 1.65 bits per heavy atom. The molecule has 0 unspecified atom stereocenters. The lowest BCUT2D eigenvalue weighted by molar-refractivity contribution is 0.157. The van der Waals surface area contributed by atoms with Gasteiger partial charge in [-0.25, -0.2) is 0 Å². The third kappa shape index (κ3) is 3.39. The van der Waals surface area contributed by atoms with E-state index in [4.69, 9.17) is 23.2 Å². The lowest BCUT2D eigenvalue weighted by Gasteiger charge is -2.34. The molecule has 0 saturated heterocycles. The van der Waals surface area contributed by atoms with Crippen molar-refractivity contribution in [3.8, 4) is 0 Å². The number of aliphatic hydroxyl groups is 2. The largest absolute Gasteiger partial charge is 0.375 e. The predicted octanol–water partition coefficient (Wildman–Crippen LogP) is 3.26. The van der Waals surface area contributed by atoms with Crippen molar-refractivity contribution >= 4 is 35.0 Å². The smallest absolute Gasteiger partial charge is 0.135 e. The molecule has 0 radical (unpaired) electrons. The van der Waals surface area contributed by atoms with Gasteiger partial charge in [-0.2, -0.15) is 0 Å². The Hall–Kier alpha value is -0.190. The van der Waals surface area contributed by atoms with E-state index in [2.05, 4.69) is 0 Å². The van der Waals surface area contributed by atoms with Crippen molar-refractivity contribution in [2.45, 2.75) is 22.7 Å². The average Bonchev–Trinajstić information content (AvgIpc) is 2.28. The number of hydrogen-bond acceptors (Lipinski definition) is 3. The highest BCUT2D eigenvalue weighted by molar-refractivity contribution is 8.01. The molecule has 2 aliphatic rings. The van der Waals surface area contributed by atoms with Crippen molar-refractivity contribution in [1.29, 1.82) is 0 Å². The average molecular weight is 291 g/mol. The van der Waals surface area contributed by atoms with Gasteiger partial charge in [0, 0.05) is 22.9 Å². The lowest BCUT2D eigenvalue weighted by Crippen LogP contribution is -2.33. The molecule has 0 heterocycles. The fraction of sp³-hybridized carbons (Fsp3) is 0.333. The molecule has 0 fully saturated rings. The van der Waals surface area contributed by atoms with Crippen LogP contribution in [0.3, 0.4) is 0 Å². The second-order valence-corrected chi connectivity index (χ2v) is 6.54. The van der Waals surface area contributed by atoms with E-state index < -0.39 is 9.87 Å². The Morgan fingerprint density at radius 1 is 0.941 bits per heavy atom. The van der Waals surface area contributed by atoms with Crippen LogP contribution in [0.15, 0.2) is 46.5 Å². The summed E-state index contributed by atoms with van der Waals surface area (Å²) in [5.74, 6) is 0. The zero-order chi connectivity index (χ0) is 12.5. The second-order valence-electron chi connectivity index (χ2n) is 4.04. The van der Waals surface area contributed by atoms with Crippen LogP contribution in [-0.2, 0) is 0 Å². The fourth-order valence-electron chi connectivity index (χ4n) is 1.64. The summed E-state index contributed by atoms with van der Waals surface area (Å²) in [6, 6.07) is 0. The van der Waals surface area contributed by atoms with Gasteiger partial charge in [0.2, 0.25) is 0 Å². The molecule has 5 heteroatoms. The summed E-state index contributed by atoms with van der Waals surface area (Å²) in [7, 11) is 0. The monoisotopic (exact) mass is 290 g/mol. The fourth-order valence-corrected chi connectivity index (χ4v) is 3.13. The van der Waals surface area contributed by atoms with Crippen LogP contribution in [0.4, 0.5) is 0 Å². The lowest BCUT2D eigenvalue weighted by atomic mass is 10.1. The first-order valence-electron chi connectivity index (χ1n) is 5.16. The zero-order valence-electron chi connectivity index (χ0n) is 8.94. The molecular weight excluding hydrogens is 279 g/mol. The molecule has 0 amide bonds. The molecule has 2 aliphatic carbocycles. The van der Waals surface area contributed by atoms with E-state index >= 15 is 0 Å². The molecule has 0 aliphatic heterocycles. The van der Waals surface area contributed by atoms with Gasteiger partial charge in [-0.15, -0.1) is 0 Å². The molecule has 0 bridgehead atoms. The maximum absolute atomic E-state index is 10.3. The molecule has 0 aromatic carbocycles. The molecule has 0 spiro atoms. The van der Waals surface area contributed by atoms with E-state index in [0.717, 1.165) is 11.8 Å². The van der Waals surface area contributed by atoms with Crippen LogP contribution in [0.2, 0.25) is 0 Å². The first kappa shape index (κ1) is 13.2. The minimum Gasteiger partial charge on any atom is -0.375 e. The summed E-state index contributed by atoms with van der Waals surface area (Å²) >= 11 is 12.7. The highest BCUT2D eigenvalue weighted by atomic mass is 35.5. The number of allylic oxidation sites excluding steroid dienone is 4. The third-order valence-electron chi connectivity index (χ3n) is 2.54. The van der Waals surface area contributed by atoms with Gasteiger partial charge in [-0.3, -0.25) is 0 Å². The zero-order valence-corrected chi connectivity index (χ0v) is 11.3. The molecule has 2 rings (SSSR count). The van der Waals surface area contributed by atoms with Crippen LogP contribution in [-0.4, -0.2) is 20.1 Å². The summed E-state index contributed by atoms with van der Waals surface area (Å²) in [5.41, 5.74) is 0. The normalized spacial score (nSPS) is 36.7. The van der Waals surface area contributed by atoms with E-state index in [9.17, 15) is 10.2 Å². The molecule has 2 N–H and O–H groups in total. The summed E-state index contributed by atoms with van der Waals surface area (Å²) < 4.78 is 0. The Morgan fingerprint density at radius 2 is 1.35 bits per heavy atom. The van der Waals surface area contributed by atoms with Gasteiger partial charge in [0.25, 0.3) is 0 Å². The van der Waals surface area contributed by atoms with Gasteiger partial charge in [0.05, 0.1) is 0 Å². The van der Waals surface area contributed by atoms with Gasteiger partial charge in [-0.05, 0) is 24.3 Å². The molecule has 17 heavy (non-hydrogen) atoms. The molecular formula is C12H12Cl2O2S. The van der Waals surface area contributed by atoms with E-state index in [0.29, 0.717) is 22.9 Å². The van der Waals surface area contributed by atoms with Crippen molar-refractivity contribution in [3.63, 3.8) is 0 Å². The van der Waals surface area contributed by atoms with E-state index in [1.165, 1.54) is 0 Å². The van der Waals surface area contributed by atoms with Crippen LogP contribution >= 0.6 is 35.0 Å². The SMILES string of the molecule is O[C@]1(S[C@]2(O)C=CC(Cl)=CC2)C=CC(Cl)=CC1. The minimum absolute atomic E-state index is 0.376. The van der Waals surface area contributed by atoms with Gasteiger partial charge in [0.15, 0.2) is 0 Å². The van der Waals surface area contributed by atoms with Crippen molar-refractivity contribution < 1.29 is 10.2 Å². The Bertz CT molecular complexity index is 402. The van der Waals surface area contributed by atoms with Crippen LogP contribution in [0.25, 0.3) is 0 Å². The van der Waals surface area contributed by atoms with Crippen molar-refractivity contribution in [2.24, 2.45) is 0 Å². The molecule has 2 nitrogen and oxygen atoms in total. The topological polar surface area (TPSA) is 40.5 Å². The van der Waals surface area contributed by atoms with E-state index in [-0.39, 0.29) is 0 Å². The Balaban J connectivity index is 2.07. The van der Waals surface area contributed by atoms with Crippen molar-refractivity contribution in [3.05, 3.63) is 46.5 Å². The maximum Gasteiger partial charge on any atom is 0.135 e. The quantitative estimate of drug-likeness (QED) is 0.767. The summed E-state index contributed by atoms with van der Waals surface area (Å²) in [6.45, 7) is 0. The molecule has 0 aromatic heterocycles. The third-order valence-corrected chi connectivity index (χ3v) is 4.41. The number of rotatable bonds is 2. The standard InChI is InChI=1S/C12H12Cl2O2S/c13-9-1-5-11(15,6-2-9)17-12(16)7-3-10(14)4-8-12/h1-5,7,15-16H,6,8H2/t11-,12+. The van der Waals surface area contributed by atoms with Gasteiger partial charge in [0.1, 0.15) is 9.87 Å². The predicted molar refractivity (Wildman–Crippen MR) is 72.9 cm³/mol. The van der Waals surface area contributed by atoms with Gasteiger partial charge < -0.3 is 10.2 Å². The number of thioether (sulfide) groups is 1. The highest BCUT2D eigenvalue weighted by Crippen LogP contribution is 2.44. The van der Waals surface area contributed by atoms with Crippen molar-refractivity contribution in [2.75, 3.05) is 0 Å². The van der Waals surface area contributed by atoms with Crippen molar-refractivity contribution in [1.82, 2.24) is 0 Å². The maximum atomic E-state index is 10.3. The van der Waals surface area contributed by atoms with Gasteiger partial charge in [-0.1, -0.05) is 47.1 Å². The summed E-state index contributed by atoms with van der Waals surface area (Å²) in [6.07, 6.45) is 10.7. The first-order chi connectivity index (χ1) is 7.91. The second kappa shape index (κ2) is 4.82. The first-order valence-corrected chi connectivity index (χ1v) is 6.73.